The van der Waals surface area contributed by atoms with Crippen molar-refractivity contribution in [3.8, 4) is 0 Å². The molecule has 1 heteroatoms. The van der Waals surface area contributed by atoms with Crippen LogP contribution >= 0.6 is 0 Å². The Hall–Kier alpha value is -0.820. The van der Waals surface area contributed by atoms with Crippen LogP contribution in [0.2, 0.25) is 0 Å². The molecule has 1 aliphatic rings. The van der Waals surface area contributed by atoms with E-state index in [0.717, 1.165) is 12.5 Å². The molecule has 0 aliphatic heterocycles. The standard InChI is InChI=1S/C17H27N/c1-4-18-17(15-10-5-6-11-15)12-16-13(2)8-7-9-14(16)3/h7-9,15,17-18H,4-6,10-12H2,1-3H3. The maximum Gasteiger partial charge on any atom is 0.0136 e. The van der Waals surface area contributed by atoms with Crippen LogP contribution in [0.4, 0.5) is 0 Å². The molecule has 0 heterocycles. The van der Waals surface area contributed by atoms with Gasteiger partial charge >= 0.3 is 0 Å². The number of nitrogens with one attached hydrogen (secondary N) is 1. The van der Waals surface area contributed by atoms with Gasteiger partial charge in [0.2, 0.25) is 0 Å². The summed E-state index contributed by atoms with van der Waals surface area (Å²) in [5.41, 5.74) is 4.47. The predicted molar refractivity (Wildman–Crippen MR) is 79.0 cm³/mol. The first-order chi connectivity index (χ1) is 8.72. The summed E-state index contributed by atoms with van der Waals surface area (Å²) in [6.07, 6.45) is 6.90. The van der Waals surface area contributed by atoms with E-state index < -0.39 is 0 Å². The summed E-state index contributed by atoms with van der Waals surface area (Å²) in [5, 5.41) is 3.73. The molecule has 0 saturated heterocycles. The van der Waals surface area contributed by atoms with E-state index in [2.05, 4.69) is 44.3 Å². The van der Waals surface area contributed by atoms with Gasteiger partial charge in [-0.2, -0.15) is 0 Å². The third-order valence-electron chi connectivity index (χ3n) is 4.50. The van der Waals surface area contributed by atoms with Crippen molar-refractivity contribution in [3.63, 3.8) is 0 Å². The summed E-state index contributed by atoms with van der Waals surface area (Å²) in [7, 11) is 0. The van der Waals surface area contributed by atoms with Crippen molar-refractivity contribution in [1.82, 2.24) is 5.32 Å². The smallest absolute Gasteiger partial charge is 0.0136 e. The number of hydrogen-bond acceptors (Lipinski definition) is 1. The second-order valence-electron chi connectivity index (χ2n) is 5.78. The van der Waals surface area contributed by atoms with E-state index >= 15 is 0 Å². The largest absolute Gasteiger partial charge is 0.314 e. The predicted octanol–water partition coefficient (Wildman–Crippen LogP) is 4.01. The summed E-state index contributed by atoms with van der Waals surface area (Å²) in [5.74, 6) is 0.893. The highest BCUT2D eigenvalue weighted by atomic mass is 14.9. The molecule has 0 aromatic heterocycles. The molecule has 1 fully saturated rings. The lowest BCUT2D eigenvalue weighted by molar-refractivity contribution is 0.361. The Morgan fingerprint density at radius 3 is 2.33 bits per heavy atom. The molecule has 0 amide bonds. The van der Waals surface area contributed by atoms with Crippen LogP contribution < -0.4 is 5.32 Å². The Kier molecular flexibility index (Phi) is 4.82. The molecule has 1 nitrogen and oxygen atoms in total. The van der Waals surface area contributed by atoms with Gasteiger partial charge in [-0.05, 0) is 62.3 Å². The van der Waals surface area contributed by atoms with E-state index in [1.807, 2.05) is 0 Å². The second kappa shape index (κ2) is 6.38. The molecule has 1 N–H and O–H groups in total. The fourth-order valence-electron chi connectivity index (χ4n) is 3.42. The topological polar surface area (TPSA) is 12.0 Å². The van der Waals surface area contributed by atoms with Gasteiger partial charge in [0.05, 0.1) is 0 Å². The van der Waals surface area contributed by atoms with Crippen LogP contribution in [0.3, 0.4) is 0 Å². The molecule has 1 unspecified atom stereocenters. The molecule has 100 valence electrons. The molecule has 1 saturated carbocycles. The number of likely N-dealkylation sites (N-methyl/N-ethyl adjacent to an activating group) is 1. The Morgan fingerprint density at radius 2 is 1.78 bits per heavy atom. The van der Waals surface area contributed by atoms with Crippen LogP contribution in [0.15, 0.2) is 18.2 Å². The molecule has 1 aromatic rings. The molecule has 0 spiro atoms. The first kappa shape index (κ1) is 13.6. The molecule has 18 heavy (non-hydrogen) atoms. The average Bonchev–Trinajstić information content (AvgIpc) is 2.86. The van der Waals surface area contributed by atoms with Crippen molar-refractivity contribution in [2.24, 2.45) is 5.92 Å². The number of aryl methyl sites for hydroxylation is 2. The lowest BCUT2D eigenvalue weighted by Crippen LogP contribution is -2.37. The molecule has 1 atom stereocenters. The van der Waals surface area contributed by atoms with E-state index in [-0.39, 0.29) is 0 Å². The fourth-order valence-corrected chi connectivity index (χ4v) is 3.42. The van der Waals surface area contributed by atoms with E-state index in [0.29, 0.717) is 6.04 Å². The molecule has 2 rings (SSSR count). The van der Waals surface area contributed by atoms with Crippen LogP contribution in [-0.4, -0.2) is 12.6 Å². The highest BCUT2D eigenvalue weighted by Gasteiger charge is 2.25. The first-order valence-electron chi connectivity index (χ1n) is 7.50. The van der Waals surface area contributed by atoms with Crippen LogP contribution in [0.5, 0.6) is 0 Å². The maximum absolute atomic E-state index is 3.73. The Morgan fingerprint density at radius 1 is 1.17 bits per heavy atom. The van der Waals surface area contributed by atoms with Gasteiger partial charge in [0.15, 0.2) is 0 Å². The van der Waals surface area contributed by atoms with Crippen molar-refractivity contribution in [2.75, 3.05) is 6.54 Å². The first-order valence-corrected chi connectivity index (χ1v) is 7.50. The van der Waals surface area contributed by atoms with Gasteiger partial charge in [-0.1, -0.05) is 38.0 Å². The monoisotopic (exact) mass is 245 g/mol. The zero-order valence-electron chi connectivity index (χ0n) is 12.1. The van der Waals surface area contributed by atoms with Crippen molar-refractivity contribution < 1.29 is 0 Å². The third-order valence-corrected chi connectivity index (χ3v) is 4.50. The van der Waals surface area contributed by atoms with Crippen molar-refractivity contribution in [3.05, 3.63) is 34.9 Å². The number of hydrogen-bond donors (Lipinski definition) is 1. The molecular formula is C17H27N. The average molecular weight is 245 g/mol. The lowest BCUT2D eigenvalue weighted by atomic mass is 9.88. The zero-order valence-corrected chi connectivity index (χ0v) is 12.1. The summed E-state index contributed by atoms with van der Waals surface area (Å²) < 4.78 is 0. The van der Waals surface area contributed by atoms with E-state index in [1.54, 1.807) is 5.56 Å². The Bertz CT molecular complexity index is 357. The molecular weight excluding hydrogens is 218 g/mol. The molecule has 1 aliphatic carbocycles. The maximum atomic E-state index is 3.73. The van der Waals surface area contributed by atoms with Crippen molar-refractivity contribution >= 4 is 0 Å². The SMILES string of the molecule is CCNC(Cc1c(C)cccc1C)C1CCCC1. The minimum absolute atomic E-state index is 0.678. The van der Waals surface area contributed by atoms with Gasteiger partial charge < -0.3 is 5.32 Å². The zero-order chi connectivity index (χ0) is 13.0. The van der Waals surface area contributed by atoms with Gasteiger partial charge in [0, 0.05) is 6.04 Å². The minimum atomic E-state index is 0.678. The second-order valence-corrected chi connectivity index (χ2v) is 5.78. The van der Waals surface area contributed by atoms with Gasteiger partial charge in [-0.25, -0.2) is 0 Å². The lowest BCUT2D eigenvalue weighted by Gasteiger charge is -2.26. The highest BCUT2D eigenvalue weighted by Crippen LogP contribution is 2.30. The quantitative estimate of drug-likeness (QED) is 0.826. The van der Waals surface area contributed by atoms with Crippen molar-refractivity contribution in [2.45, 2.75) is 58.9 Å². The molecule has 1 aromatic carbocycles. The van der Waals surface area contributed by atoms with E-state index in [9.17, 15) is 0 Å². The number of benzene rings is 1. The summed E-state index contributed by atoms with van der Waals surface area (Å²) >= 11 is 0. The van der Waals surface area contributed by atoms with E-state index in [4.69, 9.17) is 0 Å². The normalized spacial score (nSPS) is 18.2. The number of rotatable bonds is 5. The fraction of sp³-hybridized carbons (Fsp3) is 0.647. The molecule has 0 radical (unpaired) electrons. The van der Waals surface area contributed by atoms with Gasteiger partial charge in [0.1, 0.15) is 0 Å². The van der Waals surface area contributed by atoms with Crippen LogP contribution in [0.1, 0.15) is 49.3 Å². The van der Waals surface area contributed by atoms with Gasteiger partial charge in [-0.3, -0.25) is 0 Å². The van der Waals surface area contributed by atoms with Crippen LogP contribution in [0.25, 0.3) is 0 Å². The van der Waals surface area contributed by atoms with E-state index in [1.165, 1.54) is 43.2 Å². The Balaban J connectivity index is 2.12. The minimum Gasteiger partial charge on any atom is -0.314 e. The van der Waals surface area contributed by atoms with Crippen LogP contribution in [0, 0.1) is 19.8 Å². The van der Waals surface area contributed by atoms with Crippen molar-refractivity contribution in [1.29, 1.82) is 0 Å². The summed E-state index contributed by atoms with van der Waals surface area (Å²) in [4.78, 5) is 0. The van der Waals surface area contributed by atoms with Gasteiger partial charge in [0.25, 0.3) is 0 Å². The third kappa shape index (κ3) is 3.14. The Labute approximate surface area is 112 Å². The summed E-state index contributed by atoms with van der Waals surface area (Å²) in [6.45, 7) is 7.82. The van der Waals surface area contributed by atoms with Crippen LogP contribution in [-0.2, 0) is 6.42 Å². The summed E-state index contributed by atoms with van der Waals surface area (Å²) in [6, 6.07) is 7.35. The highest BCUT2D eigenvalue weighted by molar-refractivity contribution is 5.34. The molecule has 0 bridgehead atoms. The van der Waals surface area contributed by atoms with Gasteiger partial charge in [-0.15, -0.1) is 0 Å².